The third-order valence-corrected chi connectivity index (χ3v) is 3.08. The van der Waals surface area contributed by atoms with E-state index in [2.05, 4.69) is 4.98 Å². The standard InChI is InChI=1S/C15H16N2O/c1-10-5-3-4-6-12(10)9-13(18)14-11(2)7-8-17-15(14)16/h3-8H,9H2,1-2H3,(H2,16,17). The summed E-state index contributed by atoms with van der Waals surface area (Å²) in [5.41, 5.74) is 9.35. The van der Waals surface area contributed by atoms with Crippen molar-refractivity contribution in [3.63, 3.8) is 0 Å². The number of rotatable bonds is 3. The van der Waals surface area contributed by atoms with Gasteiger partial charge in [0.25, 0.3) is 0 Å². The minimum absolute atomic E-state index is 0.0207. The SMILES string of the molecule is Cc1ccccc1CC(=O)c1c(C)ccnc1N. The third-order valence-electron chi connectivity index (χ3n) is 3.08. The fraction of sp³-hybridized carbons (Fsp3) is 0.200. The molecular formula is C15H16N2O. The number of nitrogens with zero attached hydrogens (tertiary/aromatic N) is 1. The van der Waals surface area contributed by atoms with E-state index in [1.807, 2.05) is 38.1 Å². The molecular weight excluding hydrogens is 224 g/mol. The van der Waals surface area contributed by atoms with Gasteiger partial charge in [-0.1, -0.05) is 24.3 Å². The van der Waals surface area contributed by atoms with E-state index >= 15 is 0 Å². The first-order chi connectivity index (χ1) is 8.59. The summed E-state index contributed by atoms with van der Waals surface area (Å²) in [4.78, 5) is 16.3. The number of pyridine rings is 1. The van der Waals surface area contributed by atoms with Crippen LogP contribution in [-0.4, -0.2) is 10.8 Å². The topological polar surface area (TPSA) is 56.0 Å². The van der Waals surface area contributed by atoms with Crippen molar-refractivity contribution in [1.29, 1.82) is 0 Å². The molecule has 2 aromatic rings. The van der Waals surface area contributed by atoms with Gasteiger partial charge in [0.15, 0.2) is 5.78 Å². The Morgan fingerprint density at radius 2 is 1.89 bits per heavy atom. The highest BCUT2D eigenvalue weighted by Crippen LogP contribution is 2.18. The maximum Gasteiger partial charge on any atom is 0.171 e. The Labute approximate surface area is 107 Å². The minimum atomic E-state index is 0.0207. The van der Waals surface area contributed by atoms with Crippen molar-refractivity contribution in [1.82, 2.24) is 4.98 Å². The summed E-state index contributed by atoms with van der Waals surface area (Å²) in [5.74, 6) is 0.334. The van der Waals surface area contributed by atoms with Crippen LogP contribution >= 0.6 is 0 Å². The second-order valence-corrected chi connectivity index (χ2v) is 4.41. The van der Waals surface area contributed by atoms with Crippen molar-refractivity contribution in [2.45, 2.75) is 20.3 Å². The molecule has 3 heteroatoms. The number of carbonyl (C=O) groups excluding carboxylic acids is 1. The Morgan fingerprint density at radius 1 is 1.17 bits per heavy atom. The van der Waals surface area contributed by atoms with Crippen LogP contribution in [0.2, 0.25) is 0 Å². The summed E-state index contributed by atoms with van der Waals surface area (Å²) in [5, 5.41) is 0. The molecule has 18 heavy (non-hydrogen) atoms. The van der Waals surface area contributed by atoms with Crippen LogP contribution in [-0.2, 0) is 6.42 Å². The van der Waals surface area contributed by atoms with Gasteiger partial charge in [-0.05, 0) is 36.6 Å². The van der Waals surface area contributed by atoms with Crippen molar-refractivity contribution >= 4 is 11.6 Å². The fourth-order valence-electron chi connectivity index (χ4n) is 2.01. The Hall–Kier alpha value is -2.16. The fourth-order valence-corrected chi connectivity index (χ4v) is 2.01. The van der Waals surface area contributed by atoms with Crippen molar-refractivity contribution < 1.29 is 4.79 Å². The Bertz CT molecular complexity index is 571. The lowest BCUT2D eigenvalue weighted by Gasteiger charge is -2.08. The third kappa shape index (κ3) is 2.40. The zero-order chi connectivity index (χ0) is 13.1. The number of anilines is 1. The van der Waals surface area contributed by atoms with Crippen LogP contribution in [0.25, 0.3) is 0 Å². The monoisotopic (exact) mass is 240 g/mol. The van der Waals surface area contributed by atoms with Gasteiger partial charge in [-0.3, -0.25) is 4.79 Å². The average Bonchev–Trinajstić information content (AvgIpc) is 2.32. The first-order valence-corrected chi connectivity index (χ1v) is 5.88. The molecule has 1 aromatic heterocycles. The van der Waals surface area contributed by atoms with Gasteiger partial charge >= 0.3 is 0 Å². The van der Waals surface area contributed by atoms with E-state index in [4.69, 9.17) is 5.73 Å². The van der Waals surface area contributed by atoms with Crippen LogP contribution in [0, 0.1) is 13.8 Å². The van der Waals surface area contributed by atoms with Crippen LogP contribution in [0.3, 0.4) is 0 Å². The van der Waals surface area contributed by atoms with Crippen molar-refractivity contribution in [3.8, 4) is 0 Å². The Kier molecular flexibility index (Phi) is 3.42. The predicted octanol–water partition coefficient (Wildman–Crippen LogP) is 2.71. The van der Waals surface area contributed by atoms with Gasteiger partial charge in [0.1, 0.15) is 5.82 Å². The Morgan fingerprint density at radius 3 is 2.56 bits per heavy atom. The molecule has 92 valence electrons. The molecule has 0 aliphatic heterocycles. The number of ketones is 1. The molecule has 0 radical (unpaired) electrons. The largest absolute Gasteiger partial charge is 0.383 e. The first-order valence-electron chi connectivity index (χ1n) is 5.88. The number of aryl methyl sites for hydroxylation is 2. The van der Waals surface area contributed by atoms with E-state index < -0.39 is 0 Å². The van der Waals surface area contributed by atoms with E-state index in [9.17, 15) is 4.79 Å². The van der Waals surface area contributed by atoms with Crippen molar-refractivity contribution in [2.24, 2.45) is 0 Å². The molecule has 0 saturated heterocycles. The molecule has 0 atom stereocenters. The number of nitrogens with two attached hydrogens (primary N) is 1. The summed E-state index contributed by atoms with van der Waals surface area (Å²) in [6, 6.07) is 9.68. The molecule has 0 spiro atoms. The Balaban J connectivity index is 2.31. The highest BCUT2D eigenvalue weighted by Gasteiger charge is 2.14. The number of carbonyl (C=O) groups is 1. The quantitative estimate of drug-likeness (QED) is 0.839. The average molecular weight is 240 g/mol. The molecule has 0 amide bonds. The maximum absolute atomic E-state index is 12.3. The van der Waals surface area contributed by atoms with Gasteiger partial charge in [0, 0.05) is 12.6 Å². The van der Waals surface area contributed by atoms with Gasteiger partial charge < -0.3 is 5.73 Å². The molecule has 2 N–H and O–H groups in total. The summed E-state index contributed by atoms with van der Waals surface area (Å²) in [6.45, 7) is 3.88. The van der Waals surface area contributed by atoms with Crippen LogP contribution in [0.5, 0.6) is 0 Å². The second kappa shape index (κ2) is 5.00. The van der Waals surface area contributed by atoms with E-state index in [-0.39, 0.29) is 5.78 Å². The lowest BCUT2D eigenvalue weighted by Crippen LogP contribution is -2.11. The van der Waals surface area contributed by atoms with E-state index in [0.29, 0.717) is 17.8 Å². The van der Waals surface area contributed by atoms with E-state index in [1.165, 1.54) is 0 Å². The molecule has 0 unspecified atom stereocenters. The van der Waals surface area contributed by atoms with Gasteiger partial charge in [-0.2, -0.15) is 0 Å². The summed E-state index contributed by atoms with van der Waals surface area (Å²) in [6.07, 6.45) is 1.98. The summed E-state index contributed by atoms with van der Waals surface area (Å²) in [7, 11) is 0. The molecule has 0 aliphatic rings. The molecule has 0 fully saturated rings. The molecule has 2 rings (SSSR count). The van der Waals surface area contributed by atoms with Gasteiger partial charge in [0.2, 0.25) is 0 Å². The van der Waals surface area contributed by atoms with E-state index in [0.717, 1.165) is 16.7 Å². The van der Waals surface area contributed by atoms with Gasteiger partial charge in [-0.15, -0.1) is 0 Å². The molecule has 1 aromatic carbocycles. The number of nitrogen functional groups attached to an aromatic ring is 1. The van der Waals surface area contributed by atoms with Crippen molar-refractivity contribution in [3.05, 3.63) is 58.8 Å². The zero-order valence-electron chi connectivity index (χ0n) is 10.6. The highest BCUT2D eigenvalue weighted by molar-refractivity contribution is 6.02. The molecule has 1 heterocycles. The van der Waals surface area contributed by atoms with Gasteiger partial charge in [-0.25, -0.2) is 4.98 Å². The zero-order valence-corrected chi connectivity index (χ0v) is 10.6. The number of benzene rings is 1. The van der Waals surface area contributed by atoms with Crippen LogP contribution < -0.4 is 5.73 Å². The second-order valence-electron chi connectivity index (χ2n) is 4.41. The van der Waals surface area contributed by atoms with E-state index in [1.54, 1.807) is 12.3 Å². The van der Waals surface area contributed by atoms with Crippen LogP contribution in [0.4, 0.5) is 5.82 Å². The number of Topliss-reactive ketones (excluding diaryl/α,β-unsaturated/α-hetero) is 1. The lowest BCUT2D eigenvalue weighted by molar-refractivity contribution is 0.0993. The molecule has 0 aliphatic carbocycles. The summed E-state index contributed by atoms with van der Waals surface area (Å²) >= 11 is 0. The number of aromatic nitrogens is 1. The normalized spacial score (nSPS) is 10.3. The highest BCUT2D eigenvalue weighted by atomic mass is 16.1. The smallest absolute Gasteiger partial charge is 0.171 e. The minimum Gasteiger partial charge on any atom is -0.383 e. The number of hydrogen-bond donors (Lipinski definition) is 1. The molecule has 0 saturated carbocycles. The van der Waals surface area contributed by atoms with Crippen LogP contribution in [0.15, 0.2) is 36.5 Å². The first kappa shape index (κ1) is 12.3. The molecule has 3 nitrogen and oxygen atoms in total. The number of hydrogen-bond acceptors (Lipinski definition) is 3. The maximum atomic E-state index is 12.3. The molecule has 0 bridgehead atoms. The lowest BCUT2D eigenvalue weighted by atomic mass is 9.97. The van der Waals surface area contributed by atoms with Crippen LogP contribution in [0.1, 0.15) is 27.0 Å². The van der Waals surface area contributed by atoms with Crippen molar-refractivity contribution in [2.75, 3.05) is 5.73 Å². The predicted molar refractivity (Wildman–Crippen MR) is 72.6 cm³/mol. The summed E-state index contributed by atoms with van der Waals surface area (Å²) < 4.78 is 0. The van der Waals surface area contributed by atoms with Gasteiger partial charge in [0.05, 0.1) is 5.56 Å².